The van der Waals surface area contributed by atoms with E-state index in [-0.39, 0.29) is 12.6 Å². The van der Waals surface area contributed by atoms with Crippen LogP contribution in [0, 0.1) is 0 Å². The number of anilines is 1. The molecular weight excluding hydrogens is 240 g/mol. The summed E-state index contributed by atoms with van der Waals surface area (Å²) < 4.78 is 0. The van der Waals surface area contributed by atoms with Crippen LogP contribution in [-0.2, 0) is 0 Å². The van der Waals surface area contributed by atoms with Crippen LogP contribution in [0.25, 0.3) is 0 Å². The van der Waals surface area contributed by atoms with E-state index in [1.807, 2.05) is 19.9 Å². The van der Waals surface area contributed by atoms with Gasteiger partial charge in [0, 0.05) is 6.20 Å². The minimum absolute atomic E-state index is 0.0483. The normalized spacial score (nSPS) is 13.2. The molecule has 4 heteroatoms. The largest absolute Gasteiger partial charge is 0.392 e. The second kappa shape index (κ2) is 7.71. The monoisotopic (exact) mass is 262 g/mol. The molecule has 4 nitrogen and oxygen atoms in total. The van der Waals surface area contributed by atoms with Gasteiger partial charge in [-0.05, 0) is 38.8 Å². The first-order valence-corrected chi connectivity index (χ1v) is 6.37. The number of hydrogen-bond donors (Lipinski definition) is 2. The Morgan fingerprint density at radius 1 is 1.47 bits per heavy atom. The van der Waals surface area contributed by atoms with Crippen molar-refractivity contribution < 1.29 is 10.3 Å². The third kappa shape index (κ3) is 4.85. The van der Waals surface area contributed by atoms with Crippen molar-refractivity contribution in [3.63, 3.8) is 0 Å². The van der Waals surface area contributed by atoms with Crippen LogP contribution in [0.2, 0.25) is 0 Å². The summed E-state index contributed by atoms with van der Waals surface area (Å²) in [6.45, 7) is 7.83. The van der Waals surface area contributed by atoms with Gasteiger partial charge in [0.2, 0.25) is 0 Å². The van der Waals surface area contributed by atoms with Crippen LogP contribution in [0.3, 0.4) is 0 Å². The van der Waals surface area contributed by atoms with E-state index < -0.39 is 0 Å². The highest BCUT2D eigenvalue weighted by atomic mass is 16.5. The van der Waals surface area contributed by atoms with Gasteiger partial charge in [-0.3, -0.25) is 5.21 Å². The number of hydrogen-bond acceptors (Lipinski definition) is 4. The molecule has 0 saturated heterocycles. The van der Waals surface area contributed by atoms with Crippen LogP contribution in [-0.4, -0.2) is 27.9 Å². The molecule has 1 aromatic rings. The third-order valence-corrected chi connectivity index (χ3v) is 3.00. The van der Waals surface area contributed by atoms with Crippen LogP contribution < -0.4 is 5.06 Å². The summed E-state index contributed by atoms with van der Waals surface area (Å²) in [5.74, 6) is 0.513. The summed E-state index contributed by atoms with van der Waals surface area (Å²) >= 11 is 0. The second-order valence-corrected chi connectivity index (χ2v) is 4.67. The molecule has 1 aromatic heterocycles. The first kappa shape index (κ1) is 15.4. The van der Waals surface area contributed by atoms with E-state index in [4.69, 9.17) is 5.11 Å². The maximum absolute atomic E-state index is 10.2. The van der Waals surface area contributed by atoms with Crippen LogP contribution >= 0.6 is 0 Å². The molecular formula is C15H22N2O2. The summed E-state index contributed by atoms with van der Waals surface area (Å²) in [5, 5.41) is 20.2. The van der Waals surface area contributed by atoms with E-state index in [2.05, 4.69) is 11.6 Å². The zero-order valence-electron chi connectivity index (χ0n) is 11.6. The molecule has 0 saturated carbocycles. The maximum Gasteiger partial charge on any atom is 0.152 e. The first-order chi connectivity index (χ1) is 9.06. The molecule has 1 atom stereocenters. The Morgan fingerprint density at radius 3 is 2.74 bits per heavy atom. The van der Waals surface area contributed by atoms with Crippen molar-refractivity contribution in [1.82, 2.24) is 4.98 Å². The molecule has 1 heterocycles. The standard InChI is InChI=1S/C15H22N2O2/c1-12(2)14(8-7-13(3)9-11-18)17(19)15-6-4-5-10-16-15/h4-6,9-10,14,18-19H,1,7-8,11H2,2-3H3/b13-9+/t14-/m1/s1. The predicted octanol–water partition coefficient (Wildman–Crippen LogP) is 2.94. The third-order valence-electron chi connectivity index (χ3n) is 3.00. The van der Waals surface area contributed by atoms with Crippen molar-refractivity contribution in [1.29, 1.82) is 0 Å². The zero-order chi connectivity index (χ0) is 14.3. The summed E-state index contributed by atoms with van der Waals surface area (Å²) in [5.41, 5.74) is 1.98. The molecule has 0 aliphatic heterocycles. The summed E-state index contributed by atoms with van der Waals surface area (Å²) in [4.78, 5) is 4.13. The van der Waals surface area contributed by atoms with Gasteiger partial charge in [-0.2, -0.15) is 0 Å². The number of allylic oxidation sites excluding steroid dienone is 1. The van der Waals surface area contributed by atoms with E-state index in [1.54, 1.807) is 24.4 Å². The lowest BCUT2D eigenvalue weighted by Crippen LogP contribution is -2.33. The fraction of sp³-hybridized carbons (Fsp3) is 0.400. The van der Waals surface area contributed by atoms with Crippen molar-refractivity contribution in [3.05, 3.63) is 48.2 Å². The fourth-order valence-corrected chi connectivity index (χ4v) is 1.85. The molecule has 0 aliphatic rings. The highest BCUT2D eigenvalue weighted by molar-refractivity contribution is 5.37. The maximum atomic E-state index is 10.2. The zero-order valence-corrected chi connectivity index (χ0v) is 11.6. The number of aliphatic hydroxyl groups excluding tert-OH is 1. The summed E-state index contributed by atoms with van der Waals surface area (Å²) in [6, 6.07) is 5.21. The molecule has 19 heavy (non-hydrogen) atoms. The quantitative estimate of drug-likeness (QED) is 0.586. The van der Waals surface area contributed by atoms with Gasteiger partial charge in [-0.1, -0.05) is 29.9 Å². The molecule has 0 fully saturated rings. The fourth-order valence-electron chi connectivity index (χ4n) is 1.85. The van der Waals surface area contributed by atoms with Crippen molar-refractivity contribution in [2.75, 3.05) is 11.7 Å². The van der Waals surface area contributed by atoms with Crippen molar-refractivity contribution >= 4 is 5.82 Å². The van der Waals surface area contributed by atoms with E-state index in [0.29, 0.717) is 5.82 Å². The Hall–Kier alpha value is -1.65. The van der Waals surface area contributed by atoms with Gasteiger partial charge in [-0.15, -0.1) is 0 Å². The lowest BCUT2D eigenvalue weighted by molar-refractivity contribution is 0.220. The molecule has 0 bridgehead atoms. The van der Waals surface area contributed by atoms with Gasteiger partial charge in [0.25, 0.3) is 0 Å². The molecule has 0 radical (unpaired) electrons. The van der Waals surface area contributed by atoms with Gasteiger partial charge >= 0.3 is 0 Å². The minimum Gasteiger partial charge on any atom is -0.392 e. The summed E-state index contributed by atoms with van der Waals surface area (Å²) in [6.07, 6.45) is 4.94. The SMILES string of the molecule is C=C(C)[C@@H](CC/C(C)=C/CO)N(O)c1ccccn1. The molecule has 0 amide bonds. The van der Waals surface area contributed by atoms with E-state index in [9.17, 15) is 5.21 Å². The predicted molar refractivity (Wildman–Crippen MR) is 77.2 cm³/mol. The van der Waals surface area contributed by atoms with Gasteiger partial charge in [0.15, 0.2) is 5.82 Å². The number of nitrogens with zero attached hydrogens (tertiary/aromatic N) is 2. The van der Waals surface area contributed by atoms with Crippen molar-refractivity contribution in [2.45, 2.75) is 32.7 Å². The number of aromatic nitrogens is 1. The Morgan fingerprint density at radius 2 is 2.21 bits per heavy atom. The van der Waals surface area contributed by atoms with Crippen LogP contribution in [0.4, 0.5) is 5.82 Å². The molecule has 0 unspecified atom stereocenters. The molecule has 1 rings (SSSR count). The van der Waals surface area contributed by atoms with Crippen LogP contribution in [0.5, 0.6) is 0 Å². The molecule has 0 aliphatic carbocycles. The van der Waals surface area contributed by atoms with Gasteiger partial charge in [-0.25, -0.2) is 10.0 Å². The van der Waals surface area contributed by atoms with E-state index >= 15 is 0 Å². The number of rotatable bonds is 7. The summed E-state index contributed by atoms with van der Waals surface area (Å²) in [7, 11) is 0. The first-order valence-electron chi connectivity index (χ1n) is 6.37. The number of pyridine rings is 1. The smallest absolute Gasteiger partial charge is 0.152 e. The molecule has 104 valence electrons. The molecule has 0 spiro atoms. The lowest BCUT2D eigenvalue weighted by Gasteiger charge is -2.27. The second-order valence-electron chi connectivity index (χ2n) is 4.67. The average molecular weight is 262 g/mol. The van der Waals surface area contributed by atoms with Crippen LogP contribution in [0.15, 0.2) is 48.2 Å². The Kier molecular flexibility index (Phi) is 6.25. The van der Waals surface area contributed by atoms with E-state index in [1.165, 1.54) is 0 Å². The Bertz CT molecular complexity index is 429. The average Bonchev–Trinajstić information content (AvgIpc) is 2.39. The Balaban J connectivity index is 2.73. The van der Waals surface area contributed by atoms with Crippen LogP contribution in [0.1, 0.15) is 26.7 Å². The van der Waals surface area contributed by atoms with Gasteiger partial charge in [0.05, 0.1) is 12.6 Å². The minimum atomic E-state index is -0.183. The Labute approximate surface area is 114 Å². The van der Waals surface area contributed by atoms with Crippen molar-refractivity contribution in [2.24, 2.45) is 0 Å². The lowest BCUT2D eigenvalue weighted by atomic mass is 10.0. The topological polar surface area (TPSA) is 56.6 Å². The van der Waals surface area contributed by atoms with Gasteiger partial charge < -0.3 is 5.11 Å². The highest BCUT2D eigenvalue weighted by Crippen LogP contribution is 2.20. The van der Waals surface area contributed by atoms with E-state index in [0.717, 1.165) is 29.1 Å². The number of hydroxylamine groups is 1. The highest BCUT2D eigenvalue weighted by Gasteiger charge is 2.18. The number of aliphatic hydroxyl groups is 1. The molecule has 0 aromatic carbocycles. The van der Waals surface area contributed by atoms with Gasteiger partial charge in [0.1, 0.15) is 0 Å². The molecule has 2 N–H and O–H groups in total. The van der Waals surface area contributed by atoms with Crippen molar-refractivity contribution in [3.8, 4) is 0 Å².